The molecule has 0 spiro atoms. The lowest BCUT2D eigenvalue weighted by Gasteiger charge is -2.32. The topological polar surface area (TPSA) is 15.3 Å². The van der Waals surface area contributed by atoms with Crippen molar-refractivity contribution >= 4 is 27.5 Å². The van der Waals surface area contributed by atoms with Crippen LogP contribution in [0.5, 0.6) is 0 Å². The van der Waals surface area contributed by atoms with E-state index >= 15 is 0 Å². The average Bonchev–Trinajstić information content (AvgIpc) is 2.35. The maximum atomic E-state index is 6.13. The van der Waals surface area contributed by atoms with Gasteiger partial charge in [-0.25, -0.2) is 0 Å². The Bertz CT molecular complexity index is 395. The molecular weight excluding hydrogens is 312 g/mol. The van der Waals surface area contributed by atoms with Crippen LogP contribution in [0.25, 0.3) is 0 Å². The van der Waals surface area contributed by atoms with E-state index in [1.54, 1.807) is 0 Å². The number of benzene rings is 1. The number of piperidine rings is 1. The molecule has 0 radical (unpaired) electrons. The molecule has 0 aliphatic carbocycles. The summed E-state index contributed by atoms with van der Waals surface area (Å²) in [5.41, 5.74) is 1.30. The molecule has 1 aromatic rings. The molecule has 1 unspecified atom stereocenters. The van der Waals surface area contributed by atoms with Crippen molar-refractivity contribution in [3.05, 3.63) is 33.3 Å². The Labute approximate surface area is 123 Å². The third-order valence-electron chi connectivity index (χ3n) is 3.49. The molecule has 1 atom stereocenters. The van der Waals surface area contributed by atoms with E-state index in [4.69, 9.17) is 11.6 Å². The normalized spacial score (nSPS) is 21.2. The largest absolute Gasteiger partial charge is 0.319 e. The van der Waals surface area contributed by atoms with Gasteiger partial charge in [-0.1, -0.05) is 17.7 Å². The summed E-state index contributed by atoms with van der Waals surface area (Å²) in [6, 6.07) is 6.25. The van der Waals surface area contributed by atoms with Crippen LogP contribution in [0.15, 0.2) is 22.7 Å². The highest BCUT2D eigenvalue weighted by Crippen LogP contribution is 2.25. The Kier molecular flexibility index (Phi) is 5.49. The van der Waals surface area contributed by atoms with Gasteiger partial charge in [0.25, 0.3) is 0 Å². The zero-order chi connectivity index (χ0) is 13.0. The van der Waals surface area contributed by atoms with E-state index in [9.17, 15) is 0 Å². The SMILES string of the molecule is CNCC1CCCN(Cc2ccc(Br)c(Cl)c2)C1. The lowest BCUT2D eigenvalue weighted by molar-refractivity contribution is 0.167. The molecule has 1 aliphatic heterocycles. The second-order valence-electron chi connectivity index (χ2n) is 5.05. The first-order chi connectivity index (χ1) is 8.69. The van der Waals surface area contributed by atoms with Crippen LogP contribution in [-0.2, 0) is 6.54 Å². The summed E-state index contributed by atoms with van der Waals surface area (Å²) in [5, 5.41) is 4.09. The fourth-order valence-corrected chi connectivity index (χ4v) is 3.10. The van der Waals surface area contributed by atoms with Gasteiger partial charge < -0.3 is 5.32 Å². The van der Waals surface area contributed by atoms with Crippen LogP contribution < -0.4 is 5.32 Å². The number of rotatable bonds is 4. The number of hydrogen-bond donors (Lipinski definition) is 1. The summed E-state index contributed by atoms with van der Waals surface area (Å²) in [4.78, 5) is 2.53. The summed E-state index contributed by atoms with van der Waals surface area (Å²) >= 11 is 9.57. The van der Waals surface area contributed by atoms with Crippen LogP contribution in [0.3, 0.4) is 0 Å². The van der Waals surface area contributed by atoms with Gasteiger partial charge in [0.1, 0.15) is 0 Å². The van der Waals surface area contributed by atoms with E-state index in [0.717, 1.165) is 28.5 Å². The van der Waals surface area contributed by atoms with Crippen LogP contribution in [0, 0.1) is 5.92 Å². The standard InChI is InChI=1S/C14H20BrClN2/c1-17-8-12-3-2-6-18(10-12)9-11-4-5-13(15)14(16)7-11/h4-5,7,12,17H,2-3,6,8-10H2,1H3. The third kappa shape index (κ3) is 3.95. The second-order valence-corrected chi connectivity index (χ2v) is 6.31. The molecule has 1 saturated heterocycles. The zero-order valence-electron chi connectivity index (χ0n) is 10.8. The Morgan fingerprint density at radius 2 is 2.33 bits per heavy atom. The molecule has 1 N–H and O–H groups in total. The summed E-state index contributed by atoms with van der Waals surface area (Å²) in [7, 11) is 2.04. The summed E-state index contributed by atoms with van der Waals surface area (Å²) < 4.78 is 0.972. The third-order valence-corrected chi connectivity index (χ3v) is 4.72. The first kappa shape index (κ1) is 14.3. The van der Waals surface area contributed by atoms with Gasteiger partial charge in [-0.2, -0.15) is 0 Å². The highest BCUT2D eigenvalue weighted by Gasteiger charge is 2.19. The zero-order valence-corrected chi connectivity index (χ0v) is 13.1. The first-order valence-electron chi connectivity index (χ1n) is 6.50. The molecule has 1 aromatic carbocycles. The molecule has 0 aromatic heterocycles. The van der Waals surface area contributed by atoms with Gasteiger partial charge >= 0.3 is 0 Å². The van der Waals surface area contributed by atoms with E-state index in [1.165, 1.54) is 31.5 Å². The molecule has 4 heteroatoms. The van der Waals surface area contributed by atoms with Gasteiger partial charge in [0.05, 0.1) is 5.02 Å². The quantitative estimate of drug-likeness (QED) is 0.908. The minimum Gasteiger partial charge on any atom is -0.319 e. The minimum absolute atomic E-state index is 0.787. The van der Waals surface area contributed by atoms with Gasteiger partial charge in [0.15, 0.2) is 0 Å². The summed E-state index contributed by atoms with van der Waals surface area (Å²) in [6.07, 6.45) is 2.65. The highest BCUT2D eigenvalue weighted by molar-refractivity contribution is 9.10. The number of nitrogens with one attached hydrogen (secondary N) is 1. The number of hydrogen-bond acceptors (Lipinski definition) is 2. The average molecular weight is 332 g/mol. The monoisotopic (exact) mass is 330 g/mol. The Morgan fingerprint density at radius 1 is 1.50 bits per heavy atom. The molecule has 18 heavy (non-hydrogen) atoms. The predicted octanol–water partition coefficient (Wildman–Crippen LogP) is 3.53. The van der Waals surface area contributed by atoms with Gasteiger partial charge in [-0.3, -0.25) is 4.90 Å². The van der Waals surface area contributed by atoms with Gasteiger partial charge in [0.2, 0.25) is 0 Å². The fraction of sp³-hybridized carbons (Fsp3) is 0.571. The maximum Gasteiger partial charge on any atom is 0.0551 e. The molecular formula is C14H20BrClN2. The van der Waals surface area contributed by atoms with Gasteiger partial charge in [-0.05, 0) is 72.5 Å². The van der Waals surface area contributed by atoms with E-state index in [0.29, 0.717) is 0 Å². The summed E-state index contributed by atoms with van der Waals surface area (Å²) in [5.74, 6) is 0.787. The molecule has 2 rings (SSSR count). The van der Waals surface area contributed by atoms with Crippen molar-refractivity contribution in [2.45, 2.75) is 19.4 Å². The molecule has 100 valence electrons. The molecule has 0 saturated carbocycles. The van der Waals surface area contributed by atoms with Crippen molar-refractivity contribution in [3.63, 3.8) is 0 Å². The van der Waals surface area contributed by atoms with Crippen LogP contribution in [0.4, 0.5) is 0 Å². The lowest BCUT2D eigenvalue weighted by atomic mass is 9.97. The van der Waals surface area contributed by atoms with Crippen molar-refractivity contribution in [3.8, 4) is 0 Å². The first-order valence-corrected chi connectivity index (χ1v) is 7.67. The second kappa shape index (κ2) is 6.90. The number of nitrogens with zero attached hydrogens (tertiary/aromatic N) is 1. The van der Waals surface area contributed by atoms with Crippen LogP contribution >= 0.6 is 27.5 Å². The number of likely N-dealkylation sites (tertiary alicyclic amines) is 1. The van der Waals surface area contributed by atoms with Gasteiger partial charge in [-0.15, -0.1) is 0 Å². The summed E-state index contributed by atoms with van der Waals surface area (Å²) in [6.45, 7) is 4.52. The maximum absolute atomic E-state index is 6.13. The Balaban J connectivity index is 1.93. The van der Waals surface area contributed by atoms with Crippen molar-refractivity contribution in [1.82, 2.24) is 10.2 Å². The minimum atomic E-state index is 0.787. The van der Waals surface area contributed by atoms with Crippen LogP contribution in [-0.4, -0.2) is 31.6 Å². The molecule has 0 bridgehead atoms. The fourth-order valence-electron chi connectivity index (χ4n) is 2.65. The van der Waals surface area contributed by atoms with E-state index in [1.807, 2.05) is 13.1 Å². The highest BCUT2D eigenvalue weighted by atomic mass is 79.9. The molecule has 1 aliphatic rings. The molecule has 2 nitrogen and oxygen atoms in total. The van der Waals surface area contributed by atoms with Crippen molar-refractivity contribution in [2.24, 2.45) is 5.92 Å². The molecule has 1 fully saturated rings. The van der Waals surface area contributed by atoms with Crippen molar-refractivity contribution < 1.29 is 0 Å². The predicted molar refractivity (Wildman–Crippen MR) is 81.1 cm³/mol. The van der Waals surface area contributed by atoms with E-state index < -0.39 is 0 Å². The van der Waals surface area contributed by atoms with E-state index in [-0.39, 0.29) is 0 Å². The van der Waals surface area contributed by atoms with Crippen molar-refractivity contribution in [1.29, 1.82) is 0 Å². The van der Waals surface area contributed by atoms with Crippen LogP contribution in [0.2, 0.25) is 5.02 Å². The molecule has 0 amide bonds. The molecule has 1 heterocycles. The smallest absolute Gasteiger partial charge is 0.0551 e. The van der Waals surface area contributed by atoms with Crippen LogP contribution in [0.1, 0.15) is 18.4 Å². The lowest BCUT2D eigenvalue weighted by Crippen LogP contribution is -2.38. The number of halogens is 2. The van der Waals surface area contributed by atoms with E-state index in [2.05, 4.69) is 38.3 Å². The van der Waals surface area contributed by atoms with Gasteiger partial charge in [0, 0.05) is 17.6 Å². The van der Waals surface area contributed by atoms with Crippen molar-refractivity contribution in [2.75, 3.05) is 26.7 Å². The Morgan fingerprint density at radius 3 is 3.06 bits per heavy atom. The Hall–Kier alpha value is -0.0900.